The lowest BCUT2D eigenvalue weighted by Gasteiger charge is -2.26. The Kier molecular flexibility index (Phi) is 5.85. The number of aromatic nitrogens is 4. The maximum atomic E-state index is 10.7. The largest absolute Gasteiger partial charge is 0.454 e. The van der Waals surface area contributed by atoms with Crippen LogP contribution < -0.4 is 14.8 Å². The molecular formula is C23H26N6O3. The fraction of sp³-hybridized carbons (Fsp3) is 0.348. The molecule has 2 aliphatic rings. The summed E-state index contributed by atoms with van der Waals surface area (Å²) in [4.78, 5) is 15.5. The summed E-state index contributed by atoms with van der Waals surface area (Å²) in [5.41, 5.74) is 1.93. The SMILES string of the molecule is C=Cc1nc(C2C(O)CCN2CCNCc2ccc3c(c2)OCO3)cc(-n2ccnc2)n1. The number of likely N-dealkylation sites (tertiary alicyclic amines) is 1. The number of nitrogens with one attached hydrogen (secondary N) is 1. The molecule has 0 spiro atoms. The third-order valence-corrected chi connectivity index (χ3v) is 5.82. The van der Waals surface area contributed by atoms with Gasteiger partial charge in [0.25, 0.3) is 0 Å². The monoisotopic (exact) mass is 434 g/mol. The predicted molar refractivity (Wildman–Crippen MR) is 118 cm³/mol. The Bertz CT molecular complexity index is 1090. The quantitative estimate of drug-likeness (QED) is 0.519. The highest BCUT2D eigenvalue weighted by Crippen LogP contribution is 2.33. The van der Waals surface area contributed by atoms with Crippen LogP contribution in [-0.2, 0) is 6.54 Å². The smallest absolute Gasteiger partial charge is 0.231 e. The Balaban J connectivity index is 1.25. The van der Waals surface area contributed by atoms with Crippen molar-refractivity contribution in [2.75, 3.05) is 26.4 Å². The van der Waals surface area contributed by atoms with Gasteiger partial charge in [0.2, 0.25) is 6.79 Å². The highest BCUT2D eigenvalue weighted by molar-refractivity contribution is 5.44. The number of aliphatic hydroxyl groups is 1. The lowest BCUT2D eigenvalue weighted by molar-refractivity contribution is 0.114. The molecule has 9 nitrogen and oxygen atoms in total. The van der Waals surface area contributed by atoms with E-state index in [2.05, 4.69) is 31.7 Å². The Morgan fingerprint density at radius 2 is 2.12 bits per heavy atom. The molecule has 1 aromatic carbocycles. The molecular weight excluding hydrogens is 408 g/mol. The first kappa shape index (κ1) is 20.6. The normalized spacial score (nSPS) is 20.0. The van der Waals surface area contributed by atoms with Crippen molar-refractivity contribution in [3.8, 4) is 17.3 Å². The van der Waals surface area contributed by atoms with Crippen molar-refractivity contribution in [3.63, 3.8) is 0 Å². The molecule has 0 bridgehead atoms. The molecule has 166 valence electrons. The predicted octanol–water partition coefficient (Wildman–Crippen LogP) is 1.93. The molecule has 1 fully saturated rings. The number of aliphatic hydroxyl groups excluding tert-OH is 1. The first-order valence-electron chi connectivity index (χ1n) is 10.7. The van der Waals surface area contributed by atoms with Gasteiger partial charge in [0.05, 0.1) is 17.8 Å². The van der Waals surface area contributed by atoms with Crippen LogP contribution in [0.1, 0.15) is 29.5 Å². The minimum atomic E-state index is -0.480. The van der Waals surface area contributed by atoms with E-state index < -0.39 is 6.10 Å². The molecule has 3 aromatic rings. The highest BCUT2D eigenvalue weighted by atomic mass is 16.7. The van der Waals surface area contributed by atoms with Crippen molar-refractivity contribution in [2.24, 2.45) is 0 Å². The zero-order valence-corrected chi connectivity index (χ0v) is 17.7. The summed E-state index contributed by atoms with van der Waals surface area (Å²) in [7, 11) is 0. The second-order valence-electron chi connectivity index (χ2n) is 7.88. The Morgan fingerprint density at radius 3 is 2.97 bits per heavy atom. The number of hydrogen-bond acceptors (Lipinski definition) is 8. The second-order valence-corrected chi connectivity index (χ2v) is 7.88. The average Bonchev–Trinajstić information content (AvgIpc) is 3.57. The van der Waals surface area contributed by atoms with E-state index in [0.717, 1.165) is 48.9 Å². The van der Waals surface area contributed by atoms with E-state index >= 15 is 0 Å². The molecule has 1 saturated heterocycles. The molecule has 0 aliphatic carbocycles. The number of nitrogens with zero attached hydrogens (tertiary/aromatic N) is 5. The van der Waals surface area contributed by atoms with Crippen molar-refractivity contribution < 1.29 is 14.6 Å². The van der Waals surface area contributed by atoms with Crippen LogP contribution in [0.4, 0.5) is 0 Å². The molecule has 32 heavy (non-hydrogen) atoms. The summed E-state index contributed by atoms with van der Waals surface area (Å²) in [6.45, 7) is 7.22. The summed E-state index contributed by atoms with van der Waals surface area (Å²) in [5, 5.41) is 14.2. The molecule has 2 N–H and O–H groups in total. The number of ether oxygens (including phenoxy) is 2. The lowest BCUT2D eigenvalue weighted by atomic mass is 10.1. The fourth-order valence-corrected chi connectivity index (χ4v) is 4.22. The van der Waals surface area contributed by atoms with E-state index in [1.54, 1.807) is 18.6 Å². The third kappa shape index (κ3) is 4.22. The van der Waals surface area contributed by atoms with Gasteiger partial charge in [-0.25, -0.2) is 15.0 Å². The van der Waals surface area contributed by atoms with Crippen LogP contribution in [-0.4, -0.2) is 62.1 Å². The summed E-state index contributed by atoms with van der Waals surface area (Å²) in [6.07, 6.45) is 7.09. The standard InChI is InChI=1S/C23H26N6O3/c1-2-21-26-17(12-22(27-21)29-10-7-25-14-29)23-18(30)5-8-28(23)9-6-24-13-16-3-4-19-20(11-16)32-15-31-19/h2-4,7,10-12,14,18,23-24,30H,1,5-6,8-9,13,15H2. The minimum absolute atomic E-state index is 0.189. The van der Waals surface area contributed by atoms with Gasteiger partial charge >= 0.3 is 0 Å². The van der Waals surface area contributed by atoms with Gasteiger partial charge in [0, 0.05) is 44.6 Å². The van der Waals surface area contributed by atoms with Gasteiger partial charge in [-0.05, 0) is 30.2 Å². The molecule has 2 aromatic heterocycles. The molecule has 4 heterocycles. The zero-order chi connectivity index (χ0) is 21.9. The van der Waals surface area contributed by atoms with Gasteiger partial charge in [-0.3, -0.25) is 9.47 Å². The van der Waals surface area contributed by atoms with Crippen LogP contribution in [0, 0.1) is 0 Å². The van der Waals surface area contributed by atoms with E-state index in [9.17, 15) is 5.11 Å². The van der Waals surface area contributed by atoms with Gasteiger partial charge in [0.1, 0.15) is 12.1 Å². The molecule has 5 rings (SSSR count). The number of hydrogen-bond donors (Lipinski definition) is 2. The van der Waals surface area contributed by atoms with Gasteiger partial charge in [-0.1, -0.05) is 12.6 Å². The molecule has 0 radical (unpaired) electrons. The van der Waals surface area contributed by atoms with Crippen molar-refractivity contribution in [2.45, 2.75) is 25.1 Å². The van der Waals surface area contributed by atoms with E-state index in [4.69, 9.17) is 9.47 Å². The zero-order valence-electron chi connectivity index (χ0n) is 17.7. The fourth-order valence-electron chi connectivity index (χ4n) is 4.22. The van der Waals surface area contributed by atoms with Crippen molar-refractivity contribution in [1.29, 1.82) is 0 Å². The summed E-state index contributed by atoms with van der Waals surface area (Å²) >= 11 is 0. The second kappa shape index (κ2) is 9.07. The Hall–Kier alpha value is -3.27. The van der Waals surface area contributed by atoms with Gasteiger partial charge in [-0.15, -0.1) is 0 Å². The first-order valence-corrected chi connectivity index (χ1v) is 10.7. The van der Waals surface area contributed by atoms with Crippen LogP contribution in [0.3, 0.4) is 0 Å². The van der Waals surface area contributed by atoms with E-state index in [-0.39, 0.29) is 12.8 Å². The van der Waals surface area contributed by atoms with E-state index in [1.807, 2.05) is 35.0 Å². The van der Waals surface area contributed by atoms with E-state index in [0.29, 0.717) is 18.1 Å². The van der Waals surface area contributed by atoms with Crippen molar-refractivity contribution in [3.05, 3.63) is 66.6 Å². The molecule has 2 unspecified atom stereocenters. The van der Waals surface area contributed by atoms with Crippen LogP contribution >= 0.6 is 0 Å². The third-order valence-electron chi connectivity index (χ3n) is 5.82. The number of benzene rings is 1. The van der Waals surface area contributed by atoms with Crippen LogP contribution in [0.25, 0.3) is 11.9 Å². The maximum absolute atomic E-state index is 10.7. The highest BCUT2D eigenvalue weighted by Gasteiger charge is 2.35. The summed E-state index contributed by atoms with van der Waals surface area (Å²) in [6, 6.07) is 7.72. The van der Waals surface area contributed by atoms with Crippen LogP contribution in [0.15, 0.2) is 49.6 Å². The lowest BCUT2D eigenvalue weighted by Crippen LogP contribution is -2.34. The van der Waals surface area contributed by atoms with Gasteiger partial charge in [0.15, 0.2) is 17.3 Å². The van der Waals surface area contributed by atoms with Crippen molar-refractivity contribution in [1.82, 2.24) is 29.7 Å². The van der Waals surface area contributed by atoms with Crippen LogP contribution in [0.2, 0.25) is 0 Å². The minimum Gasteiger partial charge on any atom is -0.454 e. The number of fused-ring (bicyclic) bond motifs is 1. The van der Waals surface area contributed by atoms with Crippen LogP contribution in [0.5, 0.6) is 11.5 Å². The van der Waals surface area contributed by atoms with Crippen molar-refractivity contribution >= 4 is 6.08 Å². The number of imidazole rings is 1. The van der Waals surface area contributed by atoms with E-state index in [1.165, 1.54) is 0 Å². The topological polar surface area (TPSA) is 97.6 Å². The summed E-state index contributed by atoms with van der Waals surface area (Å²) < 4.78 is 12.6. The molecule has 2 aliphatic heterocycles. The number of rotatable bonds is 8. The molecule has 0 saturated carbocycles. The first-order chi connectivity index (χ1) is 15.7. The maximum Gasteiger partial charge on any atom is 0.231 e. The Morgan fingerprint density at radius 1 is 1.22 bits per heavy atom. The molecule has 9 heteroatoms. The van der Waals surface area contributed by atoms with Gasteiger partial charge < -0.3 is 19.9 Å². The molecule has 2 atom stereocenters. The Labute approximate surface area is 186 Å². The van der Waals surface area contributed by atoms with Gasteiger partial charge in [-0.2, -0.15) is 0 Å². The summed E-state index contributed by atoms with van der Waals surface area (Å²) in [5.74, 6) is 2.83. The average molecular weight is 435 g/mol. The molecule has 0 amide bonds.